The molecule has 3 rings (SSSR count). The molecule has 0 unspecified atom stereocenters. The van der Waals surface area contributed by atoms with Crippen LogP contribution < -0.4 is 0 Å². The minimum absolute atomic E-state index is 0.465. The number of nitrogens with zero attached hydrogens (tertiary/aromatic N) is 4. The van der Waals surface area contributed by atoms with Crippen LogP contribution in [0.15, 0.2) is 6.20 Å². The summed E-state index contributed by atoms with van der Waals surface area (Å²) in [6.45, 7) is 0. The van der Waals surface area contributed by atoms with E-state index in [-0.39, 0.29) is 0 Å². The van der Waals surface area contributed by atoms with Crippen molar-refractivity contribution < 1.29 is 0 Å². The monoisotopic (exact) mass is 255 g/mol. The fourth-order valence-corrected chi connectivity index (χ4v) is 2.34. The van der Waals surface area contributed by atoms with Gasteiger partial charge in [0.25, 0.3) is 0 Å². The number of aromatic nitrogens is 5. The number of aromatic amines is 1. The van der Waals surface area contributed by atoms with Crippen molar-refractivity contribution >= 4 is 23.8 Å². The molecule has 5 nitrogen and oxygen atoms in total. The lowest BCUT2D eigenvalue weighted by Crippen LogP contribution is -2.02. The first kappa shape index (κ1) is 10.0. The van der Waals surface area contributed by atoms with Gasteiger partial charge in [-0.05, 0) is 25.1 Å². The molecule has 1 saturated carbocycles. The number of nitrogens with one attached hydrogen (secondary N) is 1. The first-order chi connectivity index (χ1) is 7.68. The Morgan fingerprint density at radius 2 is 2.31 bits per heavy atom. The predicted molar refractivity (Wildman–Crippen MR) is 62.9 cm³/mol. The van der Waals surface area contributed by atoms with Gasteiger partial charge in [-0.3, -0.25) is 14.3 Å². The maximum atomic E-state index is 6.10. The topological polar surface area (TPSA) is 51.4 Å². The molecule has 0 radical (unpaired) electrons. The lowest BCUT2D eigenvalue weighted by atomic mass is 10.4. The molecule has 0 atom stereocenters. The van der Waals surface area contributed by atoms with Gasteiger partial charge in [-0.2, -0.15) is 10.2 Å². The van der Waals surface area contributed by atoms with E-state index in [2.05, 4.69) is 15.3 Å². The second-order valence-electron chi connectivity index (χ2n) is 3.92. The van der Waals surface area contributed by atoms with E-state index in [4.69, 9.17) is 23.8 Å². The zero-order chi connectivity index (χ0) is 11.3. The maximum absolute atomic E-state index is 6.10. The van der Waals surface area contributed by atoms with E-state index in [1.807, 2.05) is 11.6 Å². The third kappa shape index (κ3) is 1.41. The Balaban J connectivity index is 2.23. The molecule has 2 aromatic rings. The average Bonchev–Trinajstić information content (AvgIpc) is 2.94. The van der Waals surface area contributed by atoms with Crippen molar-refractivity contribution in [2.24, 2.45) is 7.05 Å². The van der Waals surface area contributed by atoms with Gasteiger partial charge in [0.15, 0.2) is 10.6 Å². The van der Waals surface area contributed by atoms with Gasteiger partial charge in [0.2, 0.25) is 0 Å². The fourth-order valence-electron chi connectivity index (χ4n) is 1.81. The van der Waals surface area contributed by atoms with Crippen LogP contribution in [0, 0.1) is 4.77 Å². The Labute approximate surface area is 102 Å². The summed E-state index contributed by atoms with van der Waals surface area (Å²) in [5.41, 5.74) is 0.806. The van der Waals surface area contributed by atoms with Crippen LogP contribution >= 0.6 is 23.8 Å². The minimum Gasteiger partial charge on any atom is -0.296 e. The highest BCUT2D eigenvalue weighted by Crippen LogP contribution is 2.39. The van der Waals surface area contributed by atoms with Crippen molar-refractivity contribution in [1.82, 2.24) is 24.5 Å². The second kappa shape index (κ2) is 3.43. The van der Waals surface area contributed by atoms with E-state index in [9.17, 15) is 0 Å². The van der Waals surface area contributed by atoms with E-state index < -0.39 is 0 Å². The normalized spacial score (nSPS) is 15.6. The van der Waals surface area contributed by atoms with Crippen molar-refractivity contribution in [3.63, 3.8) is 0 Å². The van der Waals surface area contributed by atoms with E-state index in [0.717, 1.165) is 24.4 Å². The first-order valence-electron chi connectivity index (χ1n) is 5.03. The van der Waals surface area contributed by atoms with Crippen LogP contribution in [0.2, 0.25) is 5.02 Å². The fraction of sp³-hybridized carbons (Fsp3) is 0.444. The van der Waals surface area contributed by atoms with Crippen molar-refractivity contribution in [2.75, 3.05) is 0 Å². The molecule has 0 spiro atoms. The maximum Gasteiger partial charge on any atom is 0.195 e. The van der Waals surface area contributed by atoms with Crippen molar-refractivity contribution in [2.45, 2.75) is 18.9 Å². The lowest BCUT2D eigenvalue weighted by molar-refractivity contribution is 0.713. The molecule has 16 heavy (non-hydrogen) atoms. The molecule has 1 aliphatic rings. The minimum atomic E-state index is 0.465. The van der Waals surface area contributed by atoms with Gasteiger partial charge in [-0.15, -0.1) is 0 Å². The van der Waals surface area contributed by atoms with Gasteiger partial charge >= 0.3 is 0 Å². The smallest absolute Gasteiger partial charge is 0.195 e. The largest absolute Gasteiger partial charge is 0.296 e. The molecule has 0 amide bonds. The Hall–Kier alpha value is -1.14. The van der Waals surface area contributed by atoms with Crippen LogP contribution in [-0.2, 0) is 7.05 Å². The number of aryl methyl sites for hydroxylation is 1. The van der Waals surface area contributed by atoms with E-state index in [0.29, 0.717) is 15.8 Å². The zero-order valence-electron chi connectivity index (χ0n) is 8.64. The third-order valence-corrected chi connectivity index (χ3v) is 3.29. The summed E-state index contributed by atoms with van der Waals surface area (Å²) in [6, 6.07) is 0.465. The molecule has 1 N–H and O–H groups in total. The Morgan fingerprint density at radius 3 is 2.88 bits per heavy atom. The van der Waals surface area contributed by atoms with Gasteiger partial charge in [-0.1, -0.05) is 11.6 Å². The number of hydrogen-bond acceptors (Lipinski definition) is 3. The summed E-state index contributed by atoms with van der Waals surface area (Å²) in [4.78, 5) is 0. The molecular weight excluding hydrogens is 246 g/mol. The number of hydrogen-bond donors (Lipinski definition) is 1. The molecule has 84 valence electrons. The summed E-state index contributed by atoms with van der Waals surface area (Å²) in [7, 11) is 1.84. The highest BCUT2D eigenvalue weighted by Gasteiger charge is 2.29. The quantitative estimate of drug-likeness (QED) is 0.838. The summed E-state index contributed by atoms with van der Waals surface area (Å²) < 4.78 is 4.39. The summed E-state index contributed by atoms with van der Waals surface area (Å²) in [6.07, 6.45) is 3.92. The van der Waals surface area contributed by atoms with Crippen LogP contribution in [-0.4, -0.2) is 24.5 Å². The van der Waals surface area contributed by atoms with Gasteiger partial charge < -0.3 is 0 Å². The van der Waals surface area contributed by atoms with Crippen molar-refractivity contribution in [3.8, 4) is 11.5 Å². The van der Waals surface area contributed by atoms with Gasteiger partial charge in [0, 0.05) is 13.1 Å². The number of H-pyrrole nitrogens is 1. The van der Waals surface area contributed by atoms with Crippen LogP contribution in [0.5, 0.6) is 0 Å². The third-order valence-electron chi connectivity index (χ3n) is 2.72. The van der Waals surface area contributed by atoms with Crippen molar-refractivity contribution in [3.05, 3.63) is 16.0 Å². The molecular formula is C9H10ClN5S. The lowest BCUT2D eigenvalue weighted by Gasteiger charge is -2.05. The molecule has 7 heteroatoms. The van der Waals surface area contributed by atoms with Gasteiger partial charge in [0.1, 0.15) is 5.69 Å². The van der Waals surface area contributed by atoms with Gasteiger partial charge in [-0.25, -0.2) is 0 Å². The second-order valence-corrected chi connectivity index (χ2v) is 4.71. The molecule has 2 heterocycles. The van der Waals surface area contributed by atoms with Crippen LogP contribution in [0.3, 0.4) is 0 Å². The summed E-state index contributed by atoms with van der Waals surface area (Å²) in [5.74, 6) is 0.775. The number of halogens is 1. The van der Waals surface area contributed by atoms with E-state index >= 15 is 0 Å². The Bertz CT molecular complexity index is 572. The average molecular weight is 256 g/mol. The molecule has 0 aromatic carbocycles. The molecule has 1 aliphatic carbocycles. The van der Waals surface area contributed by atoms with Crippen LogP contribution in [0.1, 0.15) is 18.9 Å². The summed E-state index contributed by atoms with van der Waals surface area (Å²) >= 11 is 11.3. The van der Waals surface area contributed by atoms with Crippen LogP contribution in [0.25, 0.3) is 11.5 Å². The summed E-state index contributed by atoms with van der Waals surface area (Å²) in [5, 5.41) is 11.8. The SMILES string of the molecule is Cn1ncc(Cl)c1-c1n[nH]c(=S)n1C1CC1. The molecule has 2 aromatic heterocycles. The molecule has 1 fully saturated rings. The molecule has 0 saturated heterocycles. The zero-order valence-corrected chi connectivity index (χ0v) is 10.2. The van der Waals surface area contributed by atoms with Crippen molar-refractivity contribution in [1.29, 1.82) is 0 Å². The van der Waals surface area contributed by atoms with E-state index in [1.54, 1.807) is 10.9 Å². The molecule has 0 bridgehead atoms. The highest BCUT2D eigenvalue weighted by molar-refractivity contribution is 7.71. The van der Waals surface area contributed by atoms with E-state index in [1.165, 1.54) is 0 Å². The predicted octanol–water partition coefficient (Wildman–Crippen LogP) is 2.33. The Kier molecular flexibility index (Phi) is 2.15. The standard InChI is InChI=1S/C9H10ClN5S/c1-14-7(6(10)4-11-14)8-12-13-9(16)15(8)5-2-3-5/h4-5H,2-3H2,1H3,(H,13,16). The highest BCUT2D eigenvalue weighted by atomic mass is 35.5. The first-order valence-corrected chi connectivity index (χ1v) is 5.82. The van der Waals surface area contributed by atoms with Gasteiger partial charge in [0.05, 0.1) is 11.2 Å². The Morgan fingerprint density at radius 1 is 1.56 bits per heavy atom. The van der Waals surface area contributed by atoms with Crippen LogP contribution in [0.4, 0.5) is 0 Å². The molecule has 0 aliphatic heterocycles. The number of rotatable bonds is 2.